The van der Waals surface area contributed by atoms with Crippen molar-refractivity contribution >= 4 is 43.6 Å². The average molecular weight is 394 g/mol. The van der Waals surface area contributed by atoms with Gasteiger partial charge in [-0.15, -0.1) is 11.8 Å². The molecule has 0 amide bonds. The van der Waals surface area contributed by atoms with Crippen LogP contribution in [0.1, 0.15) is 5.56 Å². The number of sulfone groups is 1. The second-order valence-corrected chi connectivity index (χ2v) is 8.06. The Morgan fingerprint density at radius 1 is 1.14 bits per heavy atom. The van der Waals surface area contributed by atoms with E-state index in [1.54, 1.807) is 42.1 Å². The minimum atomic E-state index is -3.81. The predicted octanol–water partition coefficient (Wildman–Crippen LogP) is 4.51. The Morgan fingerprint density at radius 3 is 2.23 bits per heavy atom. The summed E-state index contributed by atoms with van der Waals surface area (Å²) in [7, 11) is -3.81. The highest BCUT2D eigenvalue weighted by atomic mass is 79.9. The quantitative estimate of drug-likeness (QED) is 0.566. The van der Waals surface area contributed by atoms with E-state index in [0.717, 1.165) is 9.37 Å². The molecule has 0 unspecified atom stereocenters. The lowest BCUT2D eigenvalue weighted by Crippen LogP contribution is -2.03. The first-order valence-electron chi connectivity index (χ1n) is 6.24. The van der Waals surface area contributed by atoms with E-state index in [4.69, 9.17) is 0 Å². The van der Waals surface area contributed by atoms with Gasteiger partial charge >= 0.3 is 0 Å². The third-order valence-corrected chi connectivity index (χ3v) is 5.89. The average Bonchev–Trinajstić information content (AvgIpc) is 2.53. The van der Waals surface area contributed by atoms with Crippen LogP contribution in [0, 0.1) is 11.3 Å². The minimum Gasteiger partial charge on any atom is -0.218 e. The van der Waals surface area contributed by atoms with E-state index in [-0.39, 0.29) is 9.80 Å². The summed E-state index contributed by atoms with van der Waals surface area (Å²) in [5, 5.41) is 9.23. The van der Waals surface area contributed by atoms with Crippen molar-refractivity contribution in [1.29, 1.82) is 5.26 Å². The Morgan fingerprint density at radius 2 is 1.73 bits per heavy atom. The van der Waals surface area contributed by atoms with Crippen molar-refractivity contribution in [3.05, 3.63) is 63.5 Å². The van der Waals surface area contributed by atoms with Crippen molar-refractivity contribution in [1.82, 2.24) is 0 Å². The summed E-state index contributed by atoms with van der Waals surface area (Å²) in [6.45, 7) is 0. The second-order valence-electron chi connectivity index (χ2n) is 4.35. The molecule has 0 saturated heterocycles. The molecule has 0 aliphatic heterocycles. The molecule has 22 heavy (non-hydrogen) atoms. The van der Waals surface area contributed by atoms with Crippen LogP contribution in [0.3, 0.4) is 0 Å². The molecule has 0 radical (unpaired) electrons. The van der Waals surface area contributed by atoms with E-state index in [1.165, 1.54) is 18.2 Å². The van der Waals surface area contributed by atoms with Crippen LogP contribution in [0.2, 0.25) is 0 Å². The summed E-state index contributed by atoms with van der Waals surface area (Å²) in [6, 6.07) is 15.4. The number of hydrogen-bond donors (Lipinski definition) is 0. The SMILES string of the molecule is CSc1ccc(/C=C(\C#N)S(=O)(=O)c2ccc(Br)cc2)cc1. The molecule has 0 spiro atoms. The van der Waals surface area contributed by atoms with Gasteiger partial charge in [0.15, 0.2) is 0 Å². The lowest BCUT2D eigenvalue weighted by atomic mass is 10.2. The zero-order valence-electron chi connectivity index (χ0n) is 11.7. The van der Waals surface area contributed by atoms with Crippen molar-refractivity contribution in [3.8, 4) is 6.07 Å². The number of nitrogens with zero attached hydrogens (tertiary/aromatic N) is 1. The van der Waals surface area contributed by atoms with Crippen LogP contribution in [0.15, 0.2) is 67.7 Å². The Bertz CT molecular complexity index is 833. The molecule has 2 aromatic rings. The van der Waals surface area contributed by atoms with Crippen LogP contribution in [0.25, 0.3) is 6.08 Å². The first-order chi connectivity index (χ1) is 10.5. The molecule has 0 N–H and O–H groups in total. The van der Waals surface area contributed by atoms with Gasteiger partial charge in [-0.05, 0) is 54.3 Å². The van der Waals surface area contributed by atoms with Crippen LogP contribution in [-0.4, -0.2) is 14.7 Å². The Kier molecular flexibility index (Phi) is 5.46. The van der Waals surface area contributed by atoms with Gasteiger partial charge in [-0.2, -0.15) is 5.26 Å². The van der Waals surface area contributed by atoms with Crippen molar-refractivity contribution in [2.24, 2.45) is 0 Å². The van der Waals surface area contributed by atoms with E-state index in [1.807, 2.05) is 18.4 Å². The van der Waals surface area contributed by atoms with Crippen molar-refractivity contribution in [3.63, 3.8) is 0 Å². The molecule has 2 rings (SSSR count). The van der Waals surface area contributed by atoms with Crippen LogP contribution < -0.4 is 0 Å². The fraction of sp³-hybridized carbons (Fsp3) is 0.0625. The van der Waals surface area contributed by atoms with Crippen LogP contribution in [0.4, 0.5) is 0 Å². The van der Waals surface area contributed by atoms with Gasteiger partial charge in [0.2, 0.25) is 9.84 Å². The lowest BCUT2D eigenvalue weighted by Gasteiger charge is -2.04. The van der Waals surface area contributed by atoms with Gasteiger partial charge in [0, 0.05) is 9.37 Å². The van der Waals surface area contributed by atoms with Gasteiger partial charge in [-0.1, -0.05) is 28.1 Å². The summed E-state index contributed by atoms with van der Waals surface area (Å²) in [5.41, 5.74) is 0.676. The molecule has 0 saturated carbocycles. The molecular weight excluding hydrogens is 382 g/mol. The zero-order chi connectivity index (χ0) is 16.2. The largest absolute Gasteiger partial charge is 0.218 e. The molecular formula is C16H12BrNO2S2. The highest BCUT2D eigenvalue weighted by molar-refractivity contribution is 9.10. The van der Waals surface area contributed by atoms with Gasteiger partial charge in [0.05, 0.1) is 4.90 Å². The number of thioether (sulfide) groups is 1. The van der Waals surface area contributed by atoms with Gasteiger partial charge in [-0.25, -0.2) is 8.42 Å². The number of rotatable bonds is 4. The third kappa shape index (κ3) is 3.80. The van der Waals surface area contributed by atoms with Crippen molar-refractivity contribution in [2.75, 3.05) is 6.26 Å². The number of benzene rings is 2. The van der Waals surface area contributed by atoms with E-state index in [9.17, 15) is 13.7 Å². The molecule has 0 atom stereocenters. The normalized spacial score (nSPS) is 12.0. The first kappa shape index (κ1) is 16.8. The minimum absolute atomic E-state index is 0.101. The van der Waals surface area contributed by atoms with Gasteiger partial charge < -0.3 is 0 Å². The summed E-state index contributed by atoms with van der Waals surface area (Å²) < 4.78 is 25.8. The van der Waals surface area contributed by atoms with Crippen LogP contribution in [-0.2, 0) is 9.84 Å². The second kappa shape index (κ2) is 7.14. The molecule has 3 nitrogen and oxygen atoms in total. The maximum absolute atomic E-state index is 12.5. The molecule has 6 heteroatoms. The standard InChI is InChI=1S/C16H12BrNO2S2/c1-21-14-6-2-12(3-7-14)10-16(11-18)22(19,20)15-8-4-13(17)5-9-15/h2-10H,1H3/b16-10+. The van der Waals surface area contributed by atoms with E-state index in [0.29, 0.717) is 5.56 Å². The van der Waals surface area contributed by atoms with E-state index < -0.39 is 9.84 Å². The van der Waals surface area contributed by atoms with Crippen molar-refractivity contribution < 1.29 is 8.42 Å². The fourth-order valence-corrected chi connectivity index (χ4v) is 3.59. The maximum Gasteiger partial charge on any atom is 0.216 e. The van der Waals surface area contributed by atoms with Gasteiger partial charge in [0.1, 0.15) is 11.0 Å². The molecule has 0 aliphatic carbocycles. The number of allylic oxidation sites excluding steroid dienone is 1. The smallest absolute Gasteiger partial charge is 0.216 e. The molecule has 0 heterocycles. The topological polar surface area (TPSA) is 57.9 Å². The molecule has 0 bridgehead atoms. The Balaban J connectivity index is 2.43. The zero-order valence-corrected chi connectivity index (χ0v) is 14.9. The Labute approximate surface area is 142 Å². The number of halogens is 1. The van der Waals surface area contributed by atoms with Gasteiger partial charge in [-0.3, -0.25) is 0 Å². The highest BCUT2D eigenvalue weighted by Gasteiger charge is 2.20. The third-order valence-electron chi connectivity index (χ3n) is 2.94. The predicted molar refractivity (Wildman–Crippen MR) is 93.1 cm³/mol. The Hall–Kier alpha value is -1.55. The maximum atomic E-state index is 12.5. The van der Waals surface area contributed by atoms with Gasteiger partial charge in [0.25, 0.3) is 0 Å². The van der Waals surface area contributed by atoms with Crippen LogP contribution in [0.5, 0.6) is 0 Å². The molecule has 0 fully saturated rings. The monoisotopic (exact) mass is 393 g/mol. The number of nitriles is 1. The first-order valence-corrected chi connectivity index (χ1v) is 9.74. The molecule has 2 aromatic carbocycles. The highest BCUT2D eigenvalue weighted by Crippen LogP contribution is 2.23. The number of hydrogen-bond acceptors (Lipinski definition) is 4. The summed E-state index contributed by atoms with van der Waals surface area (Å²) in [6.07, 6.45) is 3.35. The lowest BCUT2D eigenvalue weighted by molar-refractivity contribution is 0.603. The molecule has 112 valence electrons. The summed E-state index contributed by atoms with van der Waals surface area (Å²) >= 11 is 4.85. The van der Waals surface area contributed by atoms with Crippen LogP contribution >= 0.6 is 27.7 Å². The summed E-state index contributed by atoms with van der Waals surface area (Å²) in [5.74, 6) is 0. The molecule has 0 aromatic heterocycles. The summed E-state index contributed by atoms with van der Waals surface area (Å²) in [4.78, 5) is 0.905. The molecule has 0 aliphatic rings. The van der Waals surface area contributed by atoms with E-state index >= 15 is 0 Å². The van der Waals surface area contributed by atoms with Crippen molar-refractivity contribution in [2.45, 2.75) is 9.79 Å². The fourth-order valence-electron chi connectivity index (χ4n) is 1.76. The van der Waals surface area contributed by atoms with E-state index in [2.05, 4.69) is 15.9 Å².